The summed E-state index contributed by atoms with van der Waals surface area (Å²) in [6, 6.07) is 12.9. The predicted octanol–water partition coefficient (Wildman–Crippen LogP) is 4.43. The lowest BCUT2D eigenvalue weighted by Gasteiger charge is -2.25. The maximum Gasteiger partial charge on any atom is 0.0449 e. The van der Waals surface area contributed by atoms with Crippen LogP contribution in [-0.4, -0.2) is 24.8 Å². The minimum Gasteiger partial charge on any atom is -0.369 e. The van der Waals surface area contributed by atoms with Crippen molar-refractivity contribution in [1.29, 1.82) is 0 Å². The first-order chi connectivity index (χ1) is 8.76. The summed E-state index contributed by atoms with van der Waals surface area (Å²) in [5.74, 6) is 1.22. The first-order valence-corrected chi connectivity index (χ1v) is 7.19. The van der Waals surface area contributed by atoms with Crippen molar-refractivity contribution in [3.05, 3.63) is 42.0 Å². The van der Waals surface area contributed by atoms with Gasteiger partial charge in [0.25, 0.3) is 0 Å². The molecule has 0 aromatic heterocycles. The zero-order valence-corrected chi connectivity index (χ0v) is 12.0. The quantitative estimate of drug-likeness (QED) is 0.733. The summed E-state index contributed by atoms with van der Waals surface area (Å²) in [5.41, 5.74) is 2.49. The Kier molecular flexibility index (Phi) is 4.73. The predicted molar refractivity (Wildman–Crippen MR) is 82.3 cm³/mol. The molecule has 0 heterocycles. The molecule has 0 fully saturated rings. The first kappa shape index (κ1) is 13.5. The molecule has 0 N–H and O–H groups in total. The molecular weight excluding hydrogens is 265 g/mol. The van der Waals surface area contributed by atoms with Crippen molar-refractivity contribution in [2.75, 3.05) is 29.7 Å². The van der Waals surface area contributed by atoms with Gasteiger partial charge in [-0.1, -0.05) is 30.3 Å². The molecule has 0 unspecified atom stereocenters. The van der Waals surface area contributed by atoms with E-state index in [0.717, 1.165) is 13.1 Å². The van der Waals surface area contributed by atoms with Crippen LogP contribution in [0, 0.1) is 6.92 Å². The second-order valence-corrected chi connectivity index (χ2v) is 5.13. The Balaban J connectivity index is 2.52. The molecule has 2 rings (SSSR count). The maximum absolute atomic E-state index is 5.89. The molecule has 0 aliphatic carbocycles. The van der Waals surface area contributed by atoms with E-state index in [-0.39, 0.29) is 0 Å². The summed E-state index contributed by atoms with van der Waals surface area (Å²) in [7, 11) is 0. The highest BCUT2D eigenvalue weighted by atomic mass is 35.5. The van der Waals surface area contributed by atoms with Crippen molar-refractivity contribution in [2.45, 2.75) is 6.92 Å². The average molecular weight is 282 g/mol. The molecule has 2 aromatic rings. The number of hydrogen-bond donors (Lipinski definition) is 0. The minimum atomic E-state index is 0.610. The van der Waals surface area contributed by atoms with Gasteiger partial charge in [-0.15, -0.1) is 23.2 Å². The normalized spacial score (nSPS) is 10.8. The van der Waals surface area contributed by atoms with E-state index in [2.05, 4.69) is 48.2 Å². The van der Waals surface area contributed by atoms with E-state index >= 15 is 0 Å². The highest BCUT2D eigenvalue weighted by Crippen LogP contribution is 2.28. The number of fused-ring (bicyclic) bond motifs is 1. The van der Waals surface area contributed by atoms with E-state index in [4.69, 9.17) is 23.2 Å². The smallest absolute Gasteiger partial charge is 0.0449 e. The van der Waals surface area contributed by atoms with Gasteiger partial charge in [-0.25, -0.2) is 0 Å². The van der Waals surface area contributed by atoms with Crippen molar-refractivity contribution in [3.8, 4) is 0 Å². The first-order valence-electron chi connectivity index (χ1n) is 6.12. The van der Waals surface area contributed by atoms with Gasteiger partial charge in [0.05, 0.1) is 0 Å². The summed E-state index contributed by atoms with van der Waals surface area (Å²) < 4.78 is 0. The summed E-state index contributed by atoms with van der Waals surface area (Å²) in [4.78, 5) is 2.26. The van der Waals surface area contributed by atoms with Gasteiger partial charge in [-0.2, -0.15) is 0 Å². The standard InChI is InChI=1S/C15H17Cl2N/c1-12-10-13-4-2-3-5-14(13)15(11-12)18(8-6-16)9-7-17/h2-5,10-11H,6-9H2,1H3. The number of aryl methyl sites for hydroxylation is 1. The van der Waals surface area contributed by atoms with Gasteiger partial charge < -0.3 is 4.90 Å². The highest BCUT2D eigenvalue weighted by molar-refractivity contribution is 6.18. The molecule has 0 amide bonds. The number of benzene rings is 2. The lowest BCUT2D eigenvalue weighted by molar-refractivity contribution is 0.877. The third kappa shape index (κ3) is 2.90. The van der Waals surface area contributed by atoms with Gasteiger partial charge >= 0.3 is 0 Å². The molecule has 0 atom stereocenters. The van der Waals surface area contributed by atoms with Crippen molar-refractivity contribution in [3.63, 3.8) is 0 Å². The Labute approximate surface area is 118 Å². The third-order valence-corrected chi connectivity index (χ3v) is 3.37. The molecule has 18 heavy (non-hydrogen) atoms. The van der Waals surface area contributed by atoms with Crippen LogP contribution < -0.4 is 4.90 Å². The Morgan fingerprint density at radius 3 is 2.33 bits per heavy atom. The van der Waals surface area contributed by atoms with Gasteiger partial charge in [0, 0.05) is 35.9 Å². The molecule has 3 heteroatoms. The minimum absolute atomic E-state index is 0.610. The molecule has 0 bridgehead atoms. The molecule has 0 aliphatic heterocycles. The third-order valence-electron chi connectivity index (χ3n) is 3.03. The Hall–Kier alpha value is -0.920. The zero-order chi connectivity index (χ0) is 13.0. The topological polar surface area (TPSA) is 3.24 Å². The number of alkyl halides is 2. The van der Waals surface area contributed by atoms with Crippen LogP contribution in [0.1, 0.15) is 5.56 Å². The van der Waals surface area contributed by atoms with Crippen LogP contribution in [0.4, 0.5) is 5.69 Å². The van der Waals surface area contributed by atoms with Gasteiger partial charge in [-0.3, -0.25) is 0 Å². The second kappa shape index (κ2) is 6.31. The molecule has 0 aliphatic rings. The number of nitrogens with zero attached hydrogens (tertiary/aromatic N) is 1. The SMILES string of the molecule is Cc1cc(N(CCCl)CCCl)c2ccccc2c1. The molecule has 0 radical (unpaired) electrons. The lowest BCUT2D eigenvalue weighted by atomic mass is 10.0. The van der Waals surface area contributed by atoms with Crippen molar-refractivity contribution in [1.82, 2.24) is 0 Å². The Bertz CT molecular complexity index is 519. The van der Waals surface area contributed by atoms with Crippen LogP contribution in [-0.2, 0) is 0 Å². The number of hydrogen-bond acceptors (Lipinski definition) is 1. The average Bonchev–Trinajstić information content (AvgIpc) is 2.37. The largest absolute Gasteiger partial charge is 0.369 e. The van der Waals surface area contributed by atoms with Crippen LogP contribution in [0.25, 0.3) is 10.8 Å². The monoisotopic (exact) mass is 281 g/mol. The molecule has 0 spiro atoms. The number of halogens is 2. The highest BCUT2D eigenvalue weighted by Gasteiger charge is 2.09. The summed E-state index contributed by atoms with van der Waals surface area (Å²) in [5, 5.41) is 2.53. The van der Waals surface area contributed by atoms with E-state index < -0.39 is 0 Å². The van der Waals surface area contributed by atoms with E-state index in [1.807, 2.05) is 0 Å². The molecule has 1 nitrogen and oxygen atoms in total. The van der Waals surface area contributed by atoms with Crippen molar-refractivity contribution < 1.29 is 0 Å². The van der Waals surface area contributed by atoms with Crippen molar-refractivity contribution in [2.24, 2.45) is 0 Å². The molecule has 0 saturated heterocycles. The molecular formula is C15H17Cl2N. The van der Waals surface area contributed by atoms with E-state index in [9.17, 15) is 0 Å². The Morgan fingerprint density at radius 1 is 1.00 bits per heavy atom. The van der Waals surface area contributed by atoms with Crippen LogP contribution in [0.15, 0.2) is 36.4 Å². The van der Waals surface area contributed by atoms with Gasteiger partial charge in [0.15, 0.2) is 0 Å². The summed E-state index contributed by atoms with van der Waals surface area (Å²) in [6.45, 7) is 3.76. The lowest BCUT2D eigenvalue weighted by Crippen LogP contribution is -2.27. The van der Waals surface area contributed by atoms with E-state index in [1.165, 1.54) is 22.0 Å². The van der Waals surface area contributed by atoms with Gasteiger partial charge in [-0.05, 0) is 23.9 Å². The molecule has 2 aromatic carbocycles. The maximum atomic E-state index is 5.89. The van der Waals surface area contributed by atoms with Crippen LogP contribution in [0.2, 0.25) is 0 Å². The van der Waals surface area contributed by atoms with E-state index in [1.54, 1.807) is 0 Å². The second-order valence-electron chi connectivity index (χ2n) is 4.37. The number of anilines is 1. The van der Waals surface area contributed by atoms with Gasteiger partial charge in [0.1, 0.15) is 0 Å². The fourth-order valence-corrected chi connectivity index (χ4v) is 2.66. The van der Waals surface area contributed by atoms with Crippen LogP contribution in [0.5, 0.6) is 0 Å². The number of rotatable bonds is 5. The van der Waals surface area contributed by atoms with Gasteiger partial charge in [0.2, 0.25) is 0 Å². The fourth-order valence-electron chi connectivity index (χ4n) is 2.25. The van der Waals surface area contributed by atoms with E-state index in [0.29, 0.717) is 11.8 Å². The Morgan fingerprint density at radius 2 is 1.67 bits per heavy atom. The summed E-state index contributed by atoms with van der Waals surface area (Å²) >= 11 is 11.8. The van der Waals surface area contributed by atoms with Crippen molar-refractivity contribution >= 4 is 39.7 Å². The zero-order valence-electron chi connectivity index (χ0n) is 10.5. The summed E-state index contributed by atoms with van der Waals surface area (Å²) in [6.07, 6.45) is 0. The van der Waals surface area contributed by atoms with Crippen LogP contribution >= 0.6 is 23.2 Å². The fraction of sp³-hybridized carbons (Fsp3) is 0.333. The molecule has 96 valence electrons. The molecule has 0 saturated carbocycles. The van der Waals surface area contributed by atoms with Crippen LogP contribution in [0.3, 0.4) is 0 Å².